The van der Waals surface area contributed by atoms with Gasteiger partial charge in [0.05, 0.1) is 6.10 Å². The smallest absolute Gasteiger partial charge is 0.220 e. The third-order valence-electron chi connectivity index (χ3n) is 2.90. The molecule has 1 unspecified atom stereocenters. The van der Waals surface area contributed by atoms with Crippen molar-refractivity contribution < 1.29 is 9.90 Å². The maximum absolute atomic E-state index is 11.6. The Morgan fingerprint density at radius 1 is 1.50 bits per heavy atom. The molecule has 0 fully saturated rings. The highest BCUT2D eigenvalue weighted by molar-refractivity contribution is 7.09. The summed E-state index contributed by atoms with van der Waals surface area (Å²) in [5.41, 5.74) is -0.190. The zero-order chi connectivity index (χ0) is 13.6. The first-order valence-corrected chi connectivity index (χ1v) is 7.24. The van der Waals surface area contributed by atoms with Crippen LogP contribution in [0.5, 0.6) is 0 Å². The van der Waals surface area contributed by atoms with Crippen molar-refractivity contribution in [1.29, 1.82) is 0 Å². The lowest BCUT2D eigenvalue weighted by Crippen LogP contribution is -2.39. The third kappa shape index (κ3) is 5.65. The van der Waals surface area contributed by atoms with Crippen molar-refractivity contribution in [3.05, 3.63) is 22.4 Å². The van der Waals surface area contributed by atoms with E-state index < -0.39 is 6.10 Å². The highest BCUT2D eigenvalue weighted by Crippen LogP contribution is 2.18. The number of carbonyl (C=O) groups excluding carboxylic acids is 1. The largest absolute Gasteiger partial charge is 0.391 e. The number of rotatable bonds is 6. The number of thiophene rings is 1. The summed E-state index contributed by atoms with van der Waals surface area (Å²) < 4.78 is 0. The fraction of sp³-hybridized carbons (Fsp3) is 0.643. The molecule has 1 aromatic heterocycles. The van der Waals surface area contributed by atoms with Crippen LogP contribution in [0.25, 0.3) is 0 Å². The molecule has 0 aliphatic rings. The van der Waals surface area contributed by atoms with Crippen LogP contribution in [0.15, 0.2) is 17.5 Å². The minimum absolute atomic E-state index is 0.0230. The van der Waals surface area contributed by atoms with Crippen molar-refractivity contribution in [2.24, 2.45) is 5.41 Å². The van der Waals surface area contributed by atoms with Gasteiger partial charge < -0.3 is 10.4 Å². The maximum Gasteiger partial charge on any atom is 0.220 e. The molecule has 1 amide bonds. The molecule has 18 heavy (non-hydrogen) atoms. The Balaban J connectivity index is 2.14. The fourth-order valence-corrected chi connectivity index (χ4v) is 2.23. The number of aliphatic hydroxyl groups is 1. The molecule has 1 heterocycles. The first-order valence-electron chi connectivity index (χ1n) is 6.37. The minimum Gasteiger partial charge on any atom is -0.391 e. The second-order valence-electron chi connectivity index (χ2n) is 5.62. The predicted octanol–water partition coefficient (Wildman–Crippen LogP) is 2.59. The average Bonchev–Trinajstić information content (AvgIpc) is 2.77. The lowest BCUT2D eigenvalue weighted by atomic mass is 9.89. The Morgan fingerprint density at radius 3 is 2.78 bits per heavy atom. The van der Waals surface area contributed by atoms with Gasteiger partial charge in [-0.1, -0.05) is 26.8 Å². The van der Waals surface area contributed by atoms with Crippen LogP contribution in [-0.2, 0) is 11.2 Å². The SMILES string of the molecule is CC(C)(C)C(O)CNC(=O)CCCc1cccs1. The topological polar surface area (TPSA) is 49.3 Å². The standard InChI is InChI=1S/C14H23NO2S/c1-14(2,3)12(16)10-15-13(17)8-4-6-11-7-5-9-18-11/h5,7,9,12,16H,4,6,8,10H2,1-3H3,(H,15,17). The van der Waals surface area contributed by atoms with E-state index in [1.807, 2.05) is 26.8 Å². The number of amides is 1. The minimum atomic E-state index is -0.501. The normalized spacial score (nSPS) is 13.3. The molecule has 0 aliphatic heterocycles. The second-order valence-corrected chi connectivity index (χ2v) is 6.65. The van der Waals surface area contributed by atoms with Crippen LogP contribution < -0.4 is 5.32 Å². The third-order valence-corrected chi connectivity index (χ3v) is 3.84. The summed E-state index contributed by atoms with van der Waals surface area (Å²) in [4.78, 5) is 12.9. The van der Waals surface area contributed by atoms with E-state index >= 15 is 0 Å². The van der Waals surface area contributed by atoms with Crippen molar-refractivity contribution in [3.63, 3.8) is 0 Å². The van der Waals surface area contributed by atoms with E-state index in [4.69, 9.17) is 0 Å². The number of aliphatic hydroxyl groups excluding tert-OH is 1. The monoisotopic (exact) mass is 269 g/mol. The van der Waals surface area contributed by atoms with E-state index in [0.29, 0.717) is 13.0 Å². The van der Waals surface area contributed by atoms with Crippen molar-refractivity contribution in [3.8, 4) is 0 Å². The average molecular weight is 269 g/mol. The van der Waals surface area contributed by atoms with Crippen molar-refractivity contribution in [2.75, 3.05) is 6.54 Å². The maximum atomic E-state index is 11.6. The number of nitrogens with one attached hydrogen (secondary N) is 1. The summed E-state index contributed by atoms with van der Waals surface area (Å²) >= 11 is 1.72. The Morgan fingerprint density at radius 2 is 2.22 bits per heavy atom. The molecule has 0 aliphatic carbocycles. The number of carbonyl (C=O) groups is 1. The zero-order valence-electron chi connectivity index (χ0n) is 11.4. The molecular formula is C14H23NO2S. The van der Waals surface area contributed by atoms with E-state index in [1.54, 1.807) is 11.3 Å². The number of aryl methyl sites for hydroxylation is 1. The molecule has 1 atom stereocenters. The van der Waals surface area contributed by atoms with Gasteiger partial charge in [-0.3, -0.25) is 4.79 Å². The van der Waals surface area contributed by atoms with Crippen LogP contribution >= 0.6 is 11.3 Å². The summed E-state index contributed by atoms with van der Waals surface area (Å²) in [7, 11) is 0. The molecule has 102 valence electrons. The number of hydrogen-bond donors (Lipinski definition) is 2. The summed E-state index contributed by atoms with van der Waals surface area (Å²) in [5, 5.41) is 14.6. The molecule has 4 heteroatoms. The molecule has 1 aromatic rings. The molecule has 0 aromatic carbocycles. The van der Waals surface area contributed by atoms with Gasteiger partial charge in [0.15, 0.2) is 0 Å². The molecule has 0 spiro atoms. The molecule has 0 saturated heterocycles. The van der Waals surface area contributed by atoms with Gasteiger partial charge >= 0.3 is 0 Å². The van der Waals surface area contributed by atoms with E-state index in [0.717, 1.165) is 12.8 Å². The molecule has 1 rings (SSSR count). The van der Waals surface area contributed by atoms with Crippen molar-refractivity contribution in [2.45, 2.75) is 46.1 Å². The summed E-state index contributed by atoms with van der Waals surface area (Å²) in [6.07, 6.45) is 1.83. The van der Waals surface area contributed by atoms with Crippen LogP contribution in [0.3, 0.4) is 0 Å². The van der Waals surface area contributed by atoms with Gasteiger partial charge in [-0.15, -0.1) is 11.3 Å². The van der Waals surface area contributed by atoms with Crippen LogP contribution in [0.2, 0.25) is 0 Å². The van der Waals surface area contributed by atoms with Gasteiger partial charge in [0.25, 0.3) is 0 Å². The quantitative estimate of drug-likeness (QED) is 0.834. The van der Waals surface area contributed by atoms with Gasteiger partial charge in [0, 0.05) is 17.8 Å². The van der Waals surface area contributed by atoms with Gasteiger partial charge in [-0.05, 0) is 29.7 Å². The molecule has 3 nitrogen and oxygen atoms in total. The van der Waals surface area contributed by atoms with Crippen molar-refractivity contribution in [1.82, 2.24) is 5.32 Å². The highest BCUT2D eigenvalue weighted by Gasteiger charge is 2.22. The Kier molecular flexibility index (Phi) is 5.82. The van der Waals surface area contributed by atoms with Crippen LogP contribution in [0, 0.1) is 5.41 Å². The predicted molar refractivity (Wildman–Crippen MR) is 75.7 cm³/mol. The lowest BCUT2D eigenvalue weighted by molar-refractivity contribution is -0.122. The molecule has 0 saturated carbocycles. The van der Waals surface area contributed by atoms with Crippen LogP contribution in [-0.4, -0.2) is 23.7 Å². The van der Waals surface area contributed by atoms with E-state index in [2.05, 4.69) is 16.8 Å². The van der Waals surface area contributed by atoms with Gasteiger partial charge in [-0.25, -0.2) is 0 Å². The molecule has 0 radical (unpaired) electrons. The Bertz CT molecular complexity index is 354. The van der Waals surface area contributed by atoms with Gasteiger partial charge in [0.1, 0.15) is 0 Å². The second kappa shape index (κ2) is 6.90. The number of hydrogen-bond acceptors (Lipinski definition) is 3. The molecule has 2 N–H and O–H groups in total. The van der Waals surface area contributed by atoms with Gasteiger partial charge in [0.2, 0.25) is 5.91 Å². The first kappa shape index (κ1) is 15.2. The van der Waals surface area contributed by atoms with E-state index in [-0.39, 0.29) is 11.3 Å². The first-order chi connectivity index (χ1) is 8.39. The van der Waals surface area contributed by atoms with Crippen molar-refractivity contribution >= 4 is 17.2 Å². The highest BCUT2D eigenvalue weighted by atomic mass is 32.1. The summed E-state index contributed by atoms with van der Waals surface area (Å²) in [5.74, 6) is 0.0230. The fourth-order valence-electron chi connectivity index (χ4n) is 1.48. The van der Waals surface area contributed by atoms with Crippen LogP contribution in [0.1, 0.15) is 38.5 Å². The Labute approximate surface area is 113 Å². The summed E-state index contributed by atoms with van der Waals surface area (Å²) in [6.45, 7) is 6.21. The lowest BCUT2D eigenvalue weighted by Gasteiger charge is -2.25. The molecular weight excluding hydrogens is 246 g/mol. The Hall–Kier alpha value is -0.870. The molecule has 0 bridgehead atoms. The summed E-state index contributed by atoms with van der Waals surface area (Å²) in [6, 6.07) is 4.12. The van der Waals surface area contributed by atoms with E-state index in [1.165, 1.54) is 4.88 Å². The van der Waals surface area contributed by atoms with Crippen LogP contribution in [0.4, 0.5) is 0 Å². The van der Waals surface area contributed by atoms with E-state index in [9.17, 15) is 9.90 Å². The van der Waals surface area contributed by atoms with Gasteiger partial charge in [-0.2, -0.15) is 0 Å². The zero-order valence-corrected chi connectivity index (χ0v) is 12.2.